The first-order valence-electron chi connectivity index (χ1n) is 5.21. The Labute approximate surface area is 92.2 Å². The van der Waals surface area contributed by atoms with Gasteiger partial charge in [-0.1, -0.05) is 0 Å². The van der Waals surface area contributed by atoms with Gasteiger partial charge in [0.25, 0.3) is 0 Å². The van der Waals surface area contributed by atoms with Crippen LogP contribution in [0.25, 0.3) is 0 Å². The lowest BCUT2D eigenvalue weighted by Crippen LogP contribution is -2.57. The molecule has 7 nitrogen and oxygen atoms in total. The standard InChI is InChI=1S/C9H17NO6/c11-2-5(14)7-9(3-12)8(16)6(15)4(13)1-10(7)9/h4-8,11-16H,1-3H2/t4-,5?,6+,7+,8-,9-,10?/m0/s1. The molecule has 0 radical (unpaired) electrons. The van der Waals surface area contributed by atoms with E-state index in [2.05, 4.69) is 0 Å². The number of rotatable bonds is 3. The van der Waals surface area contributed by atoms with Crippen LogP contribution in [0.5, 0.6) is 0 Å². The summed E-state index contributed by atoms with van der Waals surface area (Å²) in [5, 5.41) is 56.5. The van der Waals surface area contributed by atoms with E-state index in [9.17, 15) is 25.5 Å². The van der Waals surface area contributed by atoms with Crippen LogP contribution in [-0.4, -0.2) is 91.3 Å². The van der Waals surface area contributed by atoms with E-state index in [0.29, 0.717) is 0 Å². The summed E-state index contributed by atoms with van der Waals surface area (Å²) in [5.74, 6) is 0. The first kappa shape index (κ1) is 12.2. The molecule has 2 heterocycles. The van der Waals surface area contributed by atoms with E-state index in [1.165, 1.54) is 4.90 Å². The predicted octanol–water partition coefficient (Wildman–Crippen LogP) is -4.15. The SMILES string of the molecule is OCC(O)[C@H]1N2C[C@H](O)[C@@H](O)[C@H](O)[C@]12CO. The lowest BCUT2D eigenvalue weighted by atomic mass is 9.88. The van der Waals surface area contributed by atoms with Crippen molar-refractivity contribution in [1.82, 2.24) is 4.90 Å². The Hall–Kier alpha value is -0.280. The van der Waals surface area contributed by atoms with Crippen molar-refractivity contribution in [3.8, 4) is 0 Å². The highest BCUT2D eigenvalue weighted by molar-refractivity contribution is 5.27. The van der Waals surface area contributed by atoms with E-state index in [1.807, 2.05) is 0 Å². The van der Waals surface area contributed by atoms with E-state index in [-0.39, 0.29) is 6.54 Å². The number of nitrogens with zero attached hydrogens (tertiary/aromatic N) is 1. The number of aliphatic hydroxyl groups is 6. The van der Waals surface area contributed by atoms with Crippen molar-refractivity contribution in [2.75, 3.05) is 19.8 Å². The van der Waals surface area contributed by atoms with Gasteiger partial charge in [-0.2, -0.15) is 0 Å². The summed E-state index contributed by atoms with van der Waals surface area (Å²) in [6.45, 7) is -0.887. The monoisotopic (exact) mass is 235 g/mol. The highest BCUT2D eigenvalue weighted by atomic mass is 16.4. The van der Waals surface area contributed by atoms with E-state index >= 15 is 0 Å². The Bertz CT molecular complexity index is 277. The molecule has 0 aromatic rings. The van der Waals surface area contributed by atoms with Crippen molar-refractivity contribution in [3.05, 3.63) is 0 Å². The quantitative estimate of drug-likeness (QED) is 0.274. The van der Waals surface area contributed by atoms with Gasteiger partial charge in [-0.05, 0) is 0 Å². The van der Waals surface area contributed by atoms with Crippen LogP contribution in [0.15, 0.2) is 0 Å². The van der Waals surface area contributed by atoms with Crippen molar-refractivity contribution in [2.24, 2.45) is 0 Å². The molecule has 0 amide bonds. The Morgan fingerprint density at radius 1 is 1.25 bits per heavy atom. The van der Waals surface area contributed by atoms with Crippen LogP contribution in [0.4, 0.5) is 0 Å². The van der Waals surface area contributed by atoms with E-state index in [1.54, 1.807) is 0 Å². The van der Waals surface area contributed by atoms with Crippen molar-refractivity contribution < 1.29 is 30.6 Å². The predicted molar refractivity (Wildman–Crippen MR) is 51.4 cm³/mol. The molecule has 2 rings (SSSR count). The molecule has 0 aliphatic carbocycles. The molecule has 7 atom stereocenters. The third kappa shape index (κ3) is 1.34. The first-order chi connectivity index (χ1) is 7.50. The highest BCUT2D eigenvalue weighted by Gasteiger charge is 2.72. The Morgan fingerprint density at radius 2 is 1.88 bits per heavy atom. The number of β-amino-alcohol motifs (C(OH)–C–C–N with tert-alkyl or cyclic N) is 1. The number of fused-ring (bicyclic) bond motifs is 1. The number of piperidine rings is 1. The largest absolute Gasteiger partial charge is 0.394 e. The smallest absolute Gasteiger partial charge is 0.109 e. The summed E-state index contributed by atoms with van der Waals surface area (Å²) in [5.41, 5.74) is -1.14. The molecule has 2 saturated heterocycles. The van der Waals surface area contributed by atoms with Gasteiger partial charge in [-0.25, -0.2) is 0 Å². The average molecular weight is 235 g/mol. The first-order valence-corrected chi connectivity index (χ1v) is 5.21. The molecular weight excluding hydrogens is 218 g/mol. The van der Waals surface area contributed by atoms with Gasteiger partial charge in [0.05, 0.1) is 37.0 Å². The average Bonchev–Trinajstić information content (AvgIpc) is 2.94. The second-order valence-electron chi connectivity index (χ2n) is 4.50. The summed E-state index contributed by atoms with van der Waals surface area (Å²) in [6, 6.07) is -0.635. The van der Waals surface area contributed by atoms with Crippen molar-refractivity contribution in [2.45, 2.75) is 36.0 Å². The minimum atomic E-state index is -1.35. The lowest BCUT2D eigenvalue weighted by molar-refractivity contribution is -0.115. The molecular formula is C9H17NO6. The highest BCUT2D eigenvalue weighted by Crippen LogP contribution is 2.49. The van der Waals surface area contributed by atoms with Gasteiger partial charge >= 0.3 is 0 Å². The van der Waals surface area contributed by atoms with Crippen LogP contribution in [0, 0.1) is 0 Å². The van der Waals surface area contributed by atoms with Crippen LogP contribution < -0.4 is 0 Å². The molecule has 6 N–H and O–H groups in total. The molecule has 2 aliphatic heterocycles. The zero-order chi connectivity index (χ0) is 12.1. The van der Waals surface area contributed by atoms with E-state index < -0.39 is 49.2 Å². The van der Waals surface area contributed by atoms with Crippen molar-refractivity contribution >= 4 is 0 Å². The minimum Gasteiger partial charge on any atom is -0.394 e. The molecule has 2 unspecified atom stereocenters. The van der Waals surface area contributed by atoms with Gasteiger partial charge in [-0.15, -0.1) is 0 Å². The third-order valence-electron chi connectivity index (χ3n) is 3.73. The Balaban J connectivity index is 2.22. The van der Waals surface area contributed by atoms with Crippen LogP contribution in [-0.2, 0) is 0 Å². The topological polar surface area (TPSA) is 124 Å². The maximum absolute atomic E-state index is 9.82. The molecule has 2 aliphatic rings. The summed E-state index contributed by atoms with van der Waals surface area (Å²) < 4.78 is 0. The van der Waals surface area contributed by atoms with Gasteiger partial charge in [0.1, 0.15) is 12.2 Å². The molecule has 0 aromatic carbocycles. The maximum Gasteiger partial charge on any atom is 0.109 e. The molecule has 0 bridgehead atoms. The second-order valence-corrected chi connectivity index (χ2v) is 4.50. The van der Waals surface area contributed by atoms with Gasteiger partial charge < -0.3 is 30.6 Å². The number of hydrogen-bond acceptors (Lipinski definition) is 7. The summed E-state index contributed by atoms with van der Waals surface area (Å²) in [4.78, 5) is 1.51. The van der Waals surface area contributed by atoms with Crippen LogP contribution in [0.3, 0.4) is 0 Å². The van der Waals surface area contributed by atoms with Gasteiger partial charge in [-0.3, -0.25) is 4.90 Å². The Morgan fingerprint density at radius 3 is 2.38 bits per heavy atom. The van der Waals surface area contributed by atoms with E-state index in [4.69, 9.17) is 5.11 Å². The van der Waals surface area contributed by atoms with Gasteiger partial charge in [0.2, 0.25) is 0 Å². The molecule has 16 heavy (non-hydrogen) atoms. The van der Waals surface area contributed by atoms with Crippen LogP contribution in [0.2, 0.25) is 0 Å². The zero-order valence-corrected chi connectivity index (χ0v) is 8.64. The van der Waals surface area contributed by atoms with Crippen LogP contribution >= 0.6 is 0 Å². The van der Waals surface area contributed by atoms with Gasteiger partial charge in [0.15, 0.2) is 0 Å². The van der Waals surface area contributed by atoms with Gasteiger partial charge in [0, 0.05) is 6.54 Å². The fraction of sp³-hybridized carbons (Fsp3) is 1.00. The fourth-order valence-electron chi connectivity index (χ4n) is 2.80. The van der Waals surface area contributed by atoms with Crippen molar-refractivity contribution in [1.29, 1.82) is 0 Å². The summed E-state index contributed by atoms with van der Waals surface area (Å²) >= 11 is 0. The normalized spacial score (nSPS) is 53.2. The molecule has 7 heteroatoms. The second kappa shape index (κ2) is 3.88. The number of hydrogen-bond donors (Lipinski definition) is 6. The number of aliphatic hydroxyl groups excluding tert-OH is 6. The molecule has 0 spiro atoms. The lowest BCUT2D eigenvalue weighted by Gasteiger charge is -2.34. The molecule has 2 fully saturated rings. The zero-order valence-electron chi connectivity index (χ0n) is 8.64. The Kier molecular flexibility index (Phi) is 2.96. The van der Waals surface area contributed by atoms with E-state index in [0.717, 1.165) is 0 Å². The molecule has 0 aromatic heterocycles. The fourth-order valence-corrected chi connectivity index (χ4v) is 2.80. The third-order valence-corrected chi connectivity index (χ3v) is 3.73. The summed E-state index contributed by atoms with van der Waals surface area (Å²) in [6.07, 6.45) is -4.92. The van der Waals surface area contributed by atoms with Crippen LogP contribution in [0.1, 0.15) is 0 Å². The maximum atomic E-state index is 9.82. The molecule has 94 valence electrons. The molecule has 0 saturated carbocycles. The minimum absolute atomic E-state index is 0.0561. The summed E-state index contributed by atoms with van der Waals surface area (Å²) in [7, 11) is 0. The van der Waals surface area contributed by atoms with Crippen molar-refractivity contribution in [3.63, 3.8) is 0 Å².